The molecule has 0 unspecified atom stereocenters. The van der Waals surface area contributed by atoms with Gasteiger partial charge >= 0.3 is 5.97 Å². The van der Waals surface area contributed by atoms with Crippen LogP contribution in [0.4, 0.5) is 0 Å². The predicted molar refractivity (Wildman–Crippen MR) is 139 cm³/mol. The molecule has 0 aliphatic carbocycles. The van der Waals surface area contributed by atoms with Crippen LogP contribution in [0.2, 0.25) is 5.02 Å². The lowest BCUT2D eigenvalue weighted by molar-refractivity contribution is -0.145. The molecule has 0 amide bonds. The summed E-state index contributed by atoms with van der Waals surface area (Å²) in [6.45, 7) is 3.63. The van der Waals surface area contributed by atoms with Crippen LogP contribution in [0.25, 0.3) is 10.9 Å². The number of benzene rings is 2. The molecule has 0 fully saturated rings. The SMILES string of the molecule is CCCc1nc2ccc(Br)cc2c(=O)n1N=Cc1cc(OC)c(OCC(=O)OCC)c(Cl)c1Br. The third-order valence-corrected chi connectivity index (χ3v) is 6.61. The van der Waals surface area contributed by atoms with Gasteiger partial charge in [-0.2, -0.15) is 9.78 Å². The summed E-state index contributed by atoms with van der Waals surface area (Å²) in [4.78, 5) is 29.5. The van der Waals surface area contributed by atoms with Crippen LogP contribution in [0.1, 0.15) is 31.7 Å². The zero-order valence-electron chi connectivity index (χ0n) is 18.7. The fourth-order valence-electron chi connectivity index (χ4n) is 3.14. The Hall–Kier alpha value is -2.43. The summed E-state index contributed by atoms with van der Waals surface area (Å²) in [5, 5.41) is 5.06. The van der Waals surface area contributed by atoms with Crippen molar-refractivity contribution in [3.05, 3.63) is 60.0 Å². The lowest BCUT2D eigenvalue weighted by Crippen LogP contribution is -2.22. The van der Waals surface area contributed by atoms with Crippen LogP contribution in [0, 0.1) is 0 Å². The number of hydrogen-bond acceptors (Lipinski definition) is 7. The third-order valence-electron chi connectivity index (χ3n) is 4.68. The molecule has 0 spiro atoms. The number of aromatic nitrogens is 2. The molecule has 0 N–H and O–H groups in total. The zero-order valence-corrected chi connectivity index (χ0v) is 22.7. The topological polar surface area (TPSA) is 92.0 Å². The van der Waals surface area contributed by atoms with Crippen LogP contribution in [-0.4, -0.2) is 42.2 Å². The predicted octanol–water partition coefficient (Wildman–Crippen LogP) is 5.36. The van der Waals surface area contributed by atoms with E-state index in [4.69, 9.17) is 25.8 Å². The number of hydrogen-bond donors (Lipinski definition) is 0. The molecule has 0 atom stereocenters. The number of ether oxygens (including phenoxy) is 3. The minimum Gasteiger partial charge on any atom is -0.493 e. The van der Waals surface area contributed by atoms with Gasteiger partial charge in [0.1, 0.15) is 10.8 Å². The van der Waals surface area contributed by atoms with Gasteiger partial charge in [0.15, 0.2) is 18.1 Å². The van der Waals surface area contributed by atoms with E-state index in [-0.39, 0.29) is 29.5 Å². The lowest BCUT2D eigenvalue weighted by Gasteiger charge is -2.15. The molecule has 0 saturated carbocycles. The standard InChI is InChI=1S/C23H22Br2ClN3O5/c1-4-6-18-28-16-8-7-14(24)10-15(16)23(31)29(18)27-11-13-9-17(32-3)22(21(26)20(13)25)34-12-19(30)33-5-2/h7-11H,4-6,12H2,1-3H3. The third kappa shape index (κ3) is 5.79. The van der Waals surface area contributed by atoms with Gasteiger partial charge in [-0.05, 0) is 53.5 Å². The van der Waals surface area contributed by atoms with Crippen LogP contribution in [0.3, 0.4) is 0 Å². The molecule has 0 aliphatic heterocycles. The monoisotopic (exact) mass is 613 g/mol. The summed E-state index contributed by atoms with van der Waals surface area (Å²) in [7, 11) is 1.45. The molecular weight excluding hydrogens is 594 g/mol. The number of methoxy groups -OCH3 is 1. The van der Waals surface area contributed by atoms with Crippen LogP contribution in [0.5, 0.6) is 11.5 Å². The summed E-state index contributed by atoms with van der Waals surface area (Å²) >= 11 is 13.3. The van der Waals surface area contributed by atoms with Crippen LogP contribution in [0.15, 0.2) is 43.1 Å². The highest BCUT2D eigenvalue weighted by Crippen LogP contribution is 2.42. The number of carbonyl (C=O) groups is 1. The molecule has 0 radical (unpaired) electrons. The van der Waals surface area contributed by atoms with Gasteiger partial charge in [0.2, 0.25) is 0 Å². The van der Waals surface area contributed by atoms with Crippen molar-refractivity contribution in [1.82, 2.24) is 9.66 Å². The maximum absolute atomic E-state index is 13.2. The fraction of sp³-hybridized carbons (Fsp3) is 0.304. The molecular formula is C23H22Br2ClN3O5. The highest BCUT2D eigenvalue weighted by atomic mass is 79.9. The van der Waals surface area contributed by atoms with E-state index in [1.807, 2.05) is 13.0 Å². The molecule has 1 heterocycles. The van der Waals surface area contributed by atoms with E-state index < -0.39 is 5.97 Å². The zero-order chi connectivity index (χ0) is 24.8. The van der Waals surface area contributed by atoms with E-state index in [1.165, 1.54) is 18.0 Å². The molecule has 1 aromatic heterocycles. The number of fused-ring (bicyclic) bond motifs is 1. The fourth-order valence-corrected chi connectivity index (χ4v) is 4.15. The number of nitrogens with zero attached hydrogens (tertiary/aromatic N) is 3. The summed E-state index contributed by atoms with van der Waals surface area (Å²) in [5.41, 5.74) is 0.862. The largest absolute Gasteiger partial charge is 0.493 e. The second kappa shape index (κ2) is 11.8. The van der Waals surface area contributed by atoms with Gasteiger partial charge < -0.3 is 14.2 Å². The van der Waals surface area contributed by atoms with Crippen LogP contribution < -0.4 is 15.0 Å². The number of rotatable bonds is 9. The Morgan fingerprint density at radius 3 is 2.71 bits per heavy atom. The Balaban J connectivity index is 2.04. The summed E-state index contributed by atoms with van der Waals surface area (Å²) < 4.78 is 18.3. The molecule has 2 aromatic carbocycles. The van der Waals surface area contributed by atoms with Crippen molar-refractivity contribution in [2.24, 2.45) is 5.10 Å². The average Bonchev–Trinajstić information content (AvgIpc) is 2.81. The summed E-state index contributed by atoms with van der Waals surface area (Å²) in [5.74, 6) is 0.491. The van der Waals surface area contributed by atoms with Gasteiger partial charge in [-0.25, -0.2) is 9.78 Å². The first-order chi connectivity index (χ1) is 16.3. The van der Waals surface area contributed by atoms with Crippen molar-refractivity contribution < 1.29 is 19.0 Å². The number of esters is 1. The molecule has 0 bridgehead atoms. The summed E-state index contributed by atoms with van der Waals surface area (Å²) in [6.07, 6.45) is 2.85. The van der Waals surface area contributed by atoms with E-state index in [9.17, 15) is 9.59 Å². The Bertz CT molecular complexity index is 1310. The highest BCUT2D eigenvalue weighted by molar-refractivity contribution is 9.10. The van der Waals surface area contributed by atoms with Crippen molar-refractivity contribution in [1.29, 1.82) is 0 Å². The Kier molecular flexibility index (Phi) is 9.10. The second-order valence-corrected chi connectivity index (χ2v) is 9.11. The first kappa shape index (κ1) is 26.2. The van der Waals surface area contributed by atoms with Crippen molar-refractivity contribution >= 4 is 66.5 Å². The van der Waals surface area contributed by atoms with Gasteiger partial charge in [-0.1, -0.05) is 34.5 Å². The maximum atomic E-state index is 13.2. The van der Waals surface area contributed by atoms with E-state index in [0.717, 1.165) is 10.9 Å². The van der Waals surface area contributed by atoms with Crippen molar-refractivity contribution in [2.75, 3.05) is 20.3 Å². The van der Waals surface area contributed by atoms with Gasteiger partial charge in [-0.15, -0.1) is 0 Å². The highest BCUT2D eigenvalue weighted by Gasteiger charge is 2.19. The first-order valence-electron chi connectivity index (χ1n) is 10.4. The molecule has 3 rings (SSSR count). The van der Waals surface area contributed by atoms with E-state index in [2.05, 4.69) is 41.9 Å². The average molecular weight is 616 g/mol. The molecule has 0 saturated heterocycles. The number of aryl methyl sites for hydroxylation is 1. The molecule has 0 aliphatic rings. The van der Waals surface area contributed by atoms with E-state index >= 15 is 0 Å². The molecule has 11 heteroatoms. The molecule has 8 nitrogen and oxygen atoms in total. The van der Waals surface area contributed by atoms with Crippen molar-refractivity contribution in [3.63, 3.8) is 0 Å². The van der Waals surface area contributed by atoms with Gasteiger partial charge in [0, 0.05) is 20.9 Å². The minimum atomic E-state index is -0.527. The normalized spacial score (nSPS) is 11.2. The quantitative estimate of drug-likeness (QED) is 0.238. The Morgan fingerprint density at radius 1 is 1.26 bits per heavy atom. The second-order valence-electron chi connectivity index (χ2n) is 7.02. The van der Waals surface area contributed by atoms with Gasteiger partial charge in [0.25, 0.3) is 5.56 Å². The minimum absolute atomic E-state index is 0.183. The van der Waals surface area contributed by atoms with Crippen LogP contribution >= 0.6 is 43.5 Å². The number of carbonyl (C=O) groups excluding carboxylic acids is 1. The van der Waals surface area contributed by atoms with Crippen LogP contribution in [-0.2, 0) is 16.0 Å². The smallest absolute Gasteiger partial charge is 0.344 e. The molecule has 3 aromatic rings. The Morgan fingerprint density at radius 2 is 2.03 bits per heavy atom. The maximum Gasteiger partial charge on any atom is 0.344 e. The van der Waals surface area contributed by atoms with E-state index in [0.29, 0.717) is 38.9 Å². The van der Waals surface area contributed by atoms with Gasteiger partial charge in [-0.3, -0.25) is 4.79 Å². The Labute approximate surface area is 218 Å². The lowest BCUT2D eigenvalue weighted by atomic mass is 10.2. The summed E-state index contributed by atoms with van der Waals surface area (Å²) in [6, 6.07) is 6.99. The van der Waals surface area contributed by atoms with Crippen molar-refractivity contribution in [2.45, 2.75) is 26.7 Å². The van der Waals surface area contributed by atoms with Crippen molar-refractivity contribution in [3.8, 4) is 11.5 Å². The number of halogens is 3. The molecule has 180 valence electrons. The first-order valence-corrected chi connectivity index (χ1v) is 12.4. The van der Waals surface area contributed by atoms with E-state index in [1.54, 1.807) is 25.1 Å². The molecule has 34 heavy (non-hydrogen) atoms. The van der Waals surface area contributed by atoms with Gasteiger partial charge in [0.05, 0.1) is 30.8 Å².